The van der Waals surface area contributed by atoms with E-state index in [1.807, 2.05) is 0 Å². The normalized spacial score (nSPS) is 17.3. The maximum Gasteiger partial charge on any atom is 0.191 e. The van der Waals surface area contributed by atoms with Crippen molar-refractivity contribution in [3.05, 3.63) is 35.9 Å². The van der Waals surface area contributed by atoms with E-state index in [1.54, 1.807) is 0 Å². The lowest BCUT2D eigenvalue weighted by molar-refractivity contribution is 0.152. The highest BCUT2D eigenvalue weighted by Crippen LogP contribution is 2.08. The molecule has 6 nitrogen and oxygen atoms in total. The highest BCUT2D eigenvalue weighted by molar-refractivity contribution is 5.79. The second-order valence-electron chi connectivity index (χ2n) is 8.58. The summed E-state index contributed by atoms with van der Waals surface area (Å²) >= 11 is 0. The van der Waals surface area contributed by atoms with Gasteiger partial charge in [-0.05, 0) is 59.3 Å². The molecule has 0 saturated carbocycles. The van der Waals surface area contributed by atoms with Crippen LogP contribution in [-0.2, 0) is 6.54 Å². The largest absolute Gasteiger partial charge is 0.357 e. The highest BCUT2D eigenvalue weighted by atomic mass is 15.2. The Labute approximate surface area is 184 Å². The third-order valence-electron chi connectivity index (χ3n) is 5.97. The van der Waals surface area contributed by atoms with Gasteiger partial charge in [0, 0.05) is 58.4 Å². The number of nitrogens with zero attached hydrogens (tertiary/aromatic N) is 4. The van der Waals surface area contributed by atoms with Crippen LogP contribution in [0.25, 0.3) is 0 Å². The van der Waals surface area contributed by atoms with Gasteiger partial charge in [-0.25, -0.2) is 0 Å². The highest BCUT2D eigenvalue weighted by Gasteiger charge is 2.13. The SMILES string of the molecule is CCNC(=NCCCCN1CCN(C)CC1)NCCC(C)N(C)Cc1ccccc1. The zero-order valence-electron chi connectivity index (χ0n) is 19.7. The maximum atomic E-state index is 4.77. The number of hydrogen-bond donors (Lipinski definition) is 2. The van der Waals surface area contributed by atoms with Crippen molar-refractivity contribution >= 4 is 5.96 Å². The fraction of sp³-hybridized carbons (Fsp3) is 0.708. The first kappa shape index (κ1) is 24.6. The molecule has 1 heterocycles. The van der Waals surface area contributed by atoms with Gasteiger partial charge in [-0.3, -0.25) is 9.89 Å². The second kappa shape index (κ2) is 14.4. The Hall–Kier alpha value is -1.63. The van der Waals surface area contributed by atoms with Crippen LogP contribution < -0.4 is 10.6 Å². The molecule has 1 unspecified atom stereocenters. The lowest BCUT2D eigenvalue weighted by Crippen LogP contribution is -2.44. The molecule has 0 amide bonds. The van der Waals surface area contributed by atoms with Gasteiger partial charge in [0.1, 0.15) is 0 Å². The molecule has 30 heavy (non-hydrogen) atoms. The number of rotatable bonds is 12. The minimum Gasteiger partial charge on any atom is -0.357 e. The van der Waals surface area contributed by atoms with Gasteiger partial charge < -0.3 is 20.4 Å². The van der Waals surface area contributed by atoms with E-state index in [0.717, 1.165) is 45.0 Å². The molecule has 1 aliphatic heterocycles. The van der Waals surface area contributed by atoms with Crippen molar-refractivity contribution in [2.75, 3.05) is 66.5 Å². The average Bonchev–Trinajstić information content (AvgIpc) is 2.75. The van der Waals surface area contributed by atoms with Gasteiger partial charge in [0.15, 0.2) is 5.96 Å². The molecule has 170 valence electrons. The van der Waals surface area contributed by atoms with Gasteiger partial charge >= 0.3 is 0 Å². The van der Waals surface area contributed by atoms with E-state index in [1.165, 1.54) is 44.7 Å². The van der Waals surface area contributed by atoms with Crippen molar-refractivity contribution in [3.8, 4) is 0 Å². The van der Waals surface area contributed by atoms with Gasteiger partial charge in [0.25, 0.3) is 0 Å². The van der Waals surface area contributed by atoms with E-state index in [9.17, 15) is 0 Å². The zero-order chi connectivity index (χ0) is 21.6. The Morgan fingerprint density at radius 2 is 1.83 bits per heavy atom. The van der Waals surface area contributed by atoms with Crippen LogP contribution in [0.15, 0.2) is 35.3 Å². The molecule has 2 rings (SSSR count). The maximum absolute atomic E-state index is 4.77. The zero-order valence-corrected chi connectivity index (χ0v) is 19.7. The lowest BCUT2D eigenvalue weighted by atomic mass is 10.1. The molecule has 1 aromatic rings. The van der Waals surface area contributed by atoms with Crippen molar-refractivity contribution in [2.24, 2.45) is 4.99 Å². The number of piperazine rings is 1. The van der Waals surface area contributed by atoms with Crippen molar-refractivity contribution < 1.29 is 0 Å². The van der Waals surface area contributed by atoms with Gasteiger partial charge in [0.05, 0.1) is 0 Å². The van der Waals surface area contributed by atoms with Crippen LogP contribution in [0, 0.1) is 0 Å². The number of unbranched alkanes of at least 4 members (excludes halogenated alkanes) is 1. The smallest absolute Gasteiger partial charge is 0.191 e. The summed E-state index contributed by atoms with van der Waals surface area (Å²) in [6, 6.07) is 11.2. The summed E-state index contributed by atoms with van der Waals surface area (Å²) in [7, 11) is 4.42. The molecule has 0 spiro atoms. The molecule has 0 radical (unpaired) electrons. The van der Waals surface area contributed by atoms with Crippen LogP contribution in [0.4, 0.5) is 0 Å². The minimum atomic E-state index is 0.518. The summed E-state index contributed by atoms with van der Waals surface area (Å²) in [5, 5.41) is 6.89. The number of hydrogen-bond acceptors (Lipinski definition) is 4. The molecule has 1 aromatic carbocycles. The Bertz CT molecular complexity index is 583. The quantitative estimate of drug-likeness (QED) is 0.311. The number of benzene rings is 1. The number of guanidine groups is 1. The van der Waals surface area contributed by atoms with Crippen LogP contribution in [0.1, 0.15) is 38.7 Å². The summed E-state index contributed by atoms with van der Waals surface area (Å²) in [5.41, 5.74) is 1.37. The van der Waals surface area contributed by atoms with Gasteiger partial charge in [-0.1, -0.05) is 30.3 Å². The van der Waals surface area contributed by atoms with E-state index in [2.05, 4.69) is 83.6 Å². The van der Waals surface area contributed by atoms with Crippen molar-refractivity contribution in [1.29, 1.82) is 0 Å². The molecular weight excluding hydrogens is 372 g/mol. The molecule has 1 fully saturated rings. The first-order valence-corrected chi connectivity index (χ1v) is 11.8. The predicted molar refractivity (Wildman–Crippen MR) is 129 cm³/mol. The van der Waals surface area contributed by atoms with Crippen molar-refractivity contribution in [3.63, 3.8) is 0 Å². The van der Waals surface area contributed by atoms with Crippen LogP contribution in [0.5, 0.6) is 0 Å². The number of aliphatic imine (C=N–C) groups is 1. The topological polar surface area (TPSA) is 46.1 Å². The Morgan fingerprint density at radius 3 is 2.53 bits per heavy atom. The van der Waals surface area contributed by atoms with Gasteiger partial charge in [-0.2, -0.15) is 0 Å². The third kappa shape index (κ3) is 9.92. The standard InChI is InChI=1S/C24H44N6/c1-5-25-24(26-14-9-10-16-30-19-17-28(3)18-20-30)27-15-13-22(2)29(4)21-23-11-7-6-8-12-23/h6-8,11-12,22H,5,9-10,13-21H2,1-4H3,(H2,25,26,27). The van der Waals surface area contributed by atoms with Crippen LogP contribution in [-0.4, -0.2) is 93.2 Å². The van der Waals surface area contributed by atoms with Crippen LogP contribution in [0.2, 0.25) is 0 Å². The molecule has 0 bridgehead atoms. The van der Waals surface area contributed by atoms with E-state index in [0.29, 0.717) is 6.04 Å². The van der Waals surface area contributed by atoms with Crippen molar-refractivity contribution in [1.82, 2.24) is 25.3 Å². The van der Waals surface area contributed by atoms with Gasteiger partial charge in [-0.15, -0.1) is 0 Å². The molecule has 0 aromatic heterocycles. The summed E-state index contributed by atoms with van der Waals surface area (Å²) in [4.78, 5) is 12.2. The molecule has 1 aliphatic rings. The minimum absolute atomic E-state index is 0.518. The molecule has 6 heteroatoms. The Balaban J connectivity index is 1.61. The van der Waals surface area contributed by atoms with E-state index in [-0.39, 0.29) is 0 Å². The number of likely N-dealkylation sites (N-methyl/N-ethyl adjacent to an activating group) is 1. The fourth-order valence-electron chi connectivity index (χ4n) is 3.70. The average molecular weight is 417 g/mol. The first-order valence-electron chi connectivity index (χ1n) is 11.8. The van der Waals surface area contributed by atoms with Crippen LogP contribution >= 0.6 is 0 Å². The van der Waals surface area contributed by atoms with E-state index in [4.69, 9.17) is 4.99 Å². The fourth-order valence-corrected chi connectivity index (χ4v) is 3.70. The van der Waals surface area contributed by atoms with Gasteiger partial charge in [0.2, 0.25) is 0 Å². The van der Waals surface area contributed by atoms with Crippen LogP contribution in [0.3, 0.4) is 0 Å². The molecular formula is C24H44N6. The predicted octanol–water partition coefficient (Wildman–Crippen LogP) is 2.48. The lowest BCUT2D eigenvalue weighted by Gasteiger charge is -2.32. The number of nitrogens with one attached hydrogen (secondary N) is 2. The summed E-state index contributed by atoms with van der Waals surface area (Å²) in [5.74, 6) is 0.954. The first-order chi connectivity index (χ1) is 14.6. The summed E-state index contributed by atoms with van der Waals surface area (Å²) < 4.78 is 0. The van der Waals surface area contributed by atoms with E-state index < -0.39 is 0 Å². The molecule has 1 atom stereocenters. The molecule has 1 saturated heterocycles. The van der Waals surface area contributed by atoms with Crippen molar-refractivity contribution in [2.45, 2.75) is 45.7 Å². The second-order valence-corrected chi connectivity index (χ2v) is 8.58. The molecule has 2 N–H and O–H groups in total. The summed E-state index contributed by atoms with van der Waals surface area (Å²) in [6.07, 6.45) is 3.48. The monoisotopic (exact) mass is 416 g/mol. The Kier molecular flexibility index (Phi) is 11.8. The third-order valence-corrected chi connectivity index (χ3v) is 5.97. The van der Waals surface area contributed by atoms with E-state index >= 15 is 0 Å². The molecule has 0 aliphatic carbocycles. The summed E-state index contributed by atoms with van der Waals surface area (Å²) in [6.45, 7) is 14.2. The Morgan fingerprint density at radius 1 is 1.10 bits per heavy atom.